The fourth-order valence-electron chi connectivity index (χ4n) is 2.50. The first kappa shape index (κ1) is 12.2. The van der Waals surface area contributed by atoms with Crippen LogP contribution < -0.4 is 0 Å². The summed E-state index contributed by atoms with van der Waals surface area (Å²) in [6, 6.07) is 0. The second-order valence-corrected chi connectivity index (χ2v) is 12.5. The van der Waals surface area contributed by atoms with Gasteiger partial charge >= 0.3 is 107 Å². The Bertz CT molecular complexity index is 464. The van der Waals surface area contributed by atoms with Gasteiger partial charge < -0.3 is 0 Å². The first-order valence-corrected chi connectivity index (χ1v) is 9.69. The van der Waals surface area contributed by atoms with Gasteiger partial charge in [0.1, 0.15) is 0 Å². The van der Waals surface area contributed by atoms with Crippen molar-refractivity contribution in [2.45, 2.75) is 40.5 Å². The van der Waals surface area contributed by atoms with E-state index in [1.54, 1.807) is 15.3 Å². The molecule has 1 heteroatoms. The molecule has 0 saturated heterocycles. The van der Waals surface area contributed by atoms with Crippen LogP contribution in [0, 0.1) is 0 Å². The third-order valence-corrected chi connectivity index (χ3v) is 10.7. The predicted molar refractivity (Wildman–Crippen MR) is 69.3 cm³/mol. The van der Waals surface area contributed by atoms with E-state index in [-0.39, 0.29) is 0 Å². The Hall–Kier alpha value is -0.287. The quantitative estimate of drug-likeness (QED) is 0.712. The summed E-state index contributed by atoms with van der Waals surface area (Å²) in [7, 11) is 0. The molecular weight excluding hydrogens is 271 g/mol. The Balaban J connectivity index is 2.32. The zero-order chi connectivity index (χ0) is 11.7. The van der Waals surface area contributed by atoms with Crippen molar-refractivity contribution in [3.8, 4) is 0 Å². The predicted octanol–water partition coefficient (Wildman–Crippen LogP) is 4.28. The molecule has 0 saturated carbocycles. The van der Waals surface area contributed by atoms with Gasteiger partial charge in [-0.05, 0) is 0 Å². The van der Waals surface area contributed by atoms with Crippen LogP contribution in [0.15, 0.2) is 42.0 Å². The van der Waals surface area contributed by atoms with Gasteiger partial charge in [0, 0.05) is 0 Å². The van der Waals surface area contributed by atoms with Crippen molar-refractivity contribution in [2.24, 2.45) is 0 Å². The minimum absolute atomic E-state index is 1.22. The van der Waals surface area contributed by atoms with Gasteiger partial charge in [-0.25, -0.2) is 0 Å². The molecule has 84 valence electrons. The molecule has 0 bridgehead atoms. The molecule has 0 nitrogen and oxygen atoms in total. The van der Waals surface area contributed by atoms with E-state index in [1.807, 2.05) is 0 Å². The van der Waals surface area contributed by atoms with Crippen molar-refractivity contribution in [3.63, 3.8) is 0 Å². The molecule has 0 heterocycles. The number of rotatable bonds is 2. The Kier molecular flexibility index (Phi) is 3.74. The maximum absolute atomic E-state index is 2.48. The molecule has 0 fully saturated rings. The number of hydrogen-bond acceptors (Lipinski definition) is 0. The molecule has 0 N–H and O–H groups in total. The van der Waals surface area contributed by atoms with Crippen molar-refractivity contribution >= 4 is 3.21 Å². The zero-order valence-electron chi connectivity index (χ0n) is 10.7. The van der Waals surface area contributed by atoms with Crippen LogP contribution in [-0.4, -0.2) is 3.21 Å². The fraction of sp³-hybridized carbons (Fsp3) is 0.400. The van der Waals surface area contributed by atoms with Gasteiger partial charge in [0.05, 0.1) is 0 Å². The molecule has 0 amide bonds. The van der Waals surface area contributed by atoms with Crippen LogP contribution in [0.4, 0.5) is 0 Å². The van der Waals surface area contributed by atoms with Crippen LogP contribution in [0.25, 0.3) is 0 Å². The van der Waals surface area contributed by atoms with E-state index in [4.69, 9.17) is 0 Å². The SMILES string of the molecule is CC1=C(C)C[C]([Zr]([C]2=CC=CC2)=[C](C)C)=C1. The van der Waals surface area contributed by atoms with E-state index in [0.29, 0.717) is 0 Å². The molecule has 0 unspecified atom stereocenters. The molecule has 2 aliphatic rings. The molecule has 16 heavy (non-hydrogen) atoms. The van der Waals surface area contributed by atoms with Crippen molar-refractivity contribution in [2.75, 3.05) is 0 Å². The first-order valence-electron chi connectivity index (χ1n) is 6.00. The van der Waals surface area contributed by atoms with Gasteiger partial charge in [0.15, 0.2) is 0 Å². The fourth-order valence-corrected chi connectivity index (χ4v) is 10.1. The normalized spacial score (nSPS) is 19.0. The Morgan fingerprint density at radius 1 is 1.19 bits per heavy atom. The van der Waals surface area contributed by atoms with Crippen molar-refractivity contribution in [1.29, 1.82) is 0 Å². The average molecular weight is 292 g/mol. The van der Waals surface area contributed by atoms with Crippen molar-refractivity contribution in [3.05, 3.63) is 42.0 Å². The third kappa shape index (κ3) is 2.35. The van der Waals surface area contributed by atoms with Gasteiger partial charge in [0.2, 0.25) is 0 Å². The van der Waals surface area contributed by atoms with Gasteiger partial charge in [-0.15, -0.1) is 0 Å². The van der Waals surface area contributed by atoms with Crippen LogP contribution in [0.5, 0.6) is 0 Å². The van der Waals surface area contributed by atoms with E-state index in [2.05, 4.69) is 52.0 Å². The number of allylic oxidation sites excluding steroid dienone is 8. The molecule has 0 atom stereocenters. The summed E-state index contributed by atoms with van der Waals surface area (Å²) in [5.74, 6) is 0. The van der Waals surface area contributed by atoms with Crippen LogP contribution in [0.3, 0.4) is 0 Å². The van der Waals surface area contributed by atoms with E-state index in [1.165, 1.54) is 18.4 Å². The van der Waals surface area contributed by atoms with Crippen LogP contribution in [0.2, 0.25) is 0 Å². The summed E-state index contributed by atoms with van der Waals surface area (Å²) in [5.41, 5.74) is 3.10. The van der Waals surface area contributed by atoms with Gasteiger partial charge in [0.25, 0.3) is 0 Å². The average Bonchev–Trinajstić information content (AvgIpc) is 2.79. The van der Waals surface area contributed by atoms with Gasteiger partial charge in [-0.1, -0.05) is 0 Å². The summed E-state index contributed by atoms with van der Waals surface area (Å²) in [4.78, 5) is 0. The van der Waals surface area contributed by atoms with Crippen LogP contribution in [0.1, 0.15) is 40.5 Å². The Morgan fingerprint density at radius 3 is 2.38 bits per heavy atom. The van der Waals surface area contributed by atoms with Gasteiger partial charge in [-0.3, -0.25) is 0 Å². The molecule has 2 rings (SSSR count). The minimum atomic E-state index is -1.59. The van der Waals surface area contributed by atoms with E-state index in [0.717, 1.165) is 0 Å². The first-order chi connectivity index (χ1) is 7.59. The summed E-state index contributed by atoms with van der Waals surface area (Å²) >= 11 is -1.59. The summed E-state index contributed by atoms with van der Waals surface area (Å²) in [5, 5.41) is 0. The molecule has 0 aromatic heterocycles. The van der Waals surface area contributed by atoms with E-state index in [9.17, 15) is 0 Å². The van der Waals surface area contributed by atoms with Crippen LogP contribution >= 0.6 is 0 Å². The topological polar surface area (TPSA) is 0 Å². The molecule has 0 radical (unpaired) electrons. The molecule has 0 aromatic rings. The molecule has 0 aromatic carbocycles. The summed E-state index contributed by atoms with van der Waals surface area (Å²) in [6.45, 7) is 9.23. The standard InChI is InChI=1S/C7H9.C5H5.C3H6.Zr/c1-6-4-3-5-7(6)2;1-2-4-5-3-1;1-3-2;/h4H,5H2,1-2H3;1-3H,4H2;1-2H3;. The Morgan fingerprint density at radius 2 is 1.94 bits per heavy atom. The third-order valence-electron chi connectivity index (χ3n) is 3.43. The summed E-state index contributed by atoms with van der Waals surface area (Å²) < 4.78 is 5.26. The van der Waals surface area contributed by atoms with Crippen LogP contribution in [-0.2, 0) is 21.3 Å². The van der Waals surface area contributed by atoms with E-state index < -0.39 is 21.3 Å². The number of hydrogen-bond donors (Lipinski definition) is 0. The molecule has 0 spiro atoms. The molecular formula is C15H20Zr. The second kappa shape index (κ2) is 4.92. The second-order valence-electron chi connectivity index (χ2n) is 5.01. The van der Waals surface area contributed by atoms with Crippen molar-refractivity contribution < 1.29 is 21.3 Å². The maximum atomic E-state index is 2.48. The van der Waals surface area contributed by atoms with Gasteiger partial charge in [-0.2, -0.15) is 0 Å². The molecule has 2 aliphatic carbocycles. The monoisotopic (exact) mass is 290 g/mol. The summed E-state index contributed by atoms with van der Waals surface area (Å²) in [6.07, 6.45) is 11.9. The Labute approximate surface area is 107 Å². The van der Waals surface area contributed by atoms with E-state index >= 15 is 0 Å². The van der Waals surface area contributed by atoms with Crippen molar-refractivity contribution in [1.82, 2.24) is 0 Å². The molecule has 0 aliphatic heterocycles. The zero-order valence-corrected chi connectivity index (χ0v) is 13.2.